The van der Waals surface area contributed by atoms with Crippen molar-refractivity contribution in [3.05, 3.63) is 40.5 Å². The molecular weight excluding hydrogens is 415 g/mol. The molecule has 1 atom stereocenters. The number of methoxy groups -OCH3 is 1. The van der Waals surface area contributed by atoms with Gasteiger partial charge in [0.05, 0.1) is 7.11 Å². The number of hydrogen-bond acceptors (Lipinski definition) is 6. The van der Waals surface area contributed by atoms with Crippen LogP contribution in [0.15, 0.2) is 17.1 Å². The topological polar surface area (TPSA) is 101 Å². The van der Waals surface area contributed by atoms with Gasteiger partial charge in [0.15, 0.2) is 0 Å². The van der Waals surface area contributed by atoms with Gasteiger partial charge >= 0.3 is 6.16 Å². The van der Waals surface area contributed by atoms with E-state index in [1.54, 1.807) is 26.0 Å². The zero-order valence-electron chi connectivity index (χ0n) is 15.4. The Bertz CT molecular complexity index is 859. The number of hydrogen-bond donors (Lipinski definition) is 0. The van der Waals surface area contributed by atoms with E-state index in [1.807, 2.05) is 13.8 Å². The van der Waals surface area contributed by atoms with Gasteiger partial charge in [-0.3, -0.25) is 4.79 Å². The third kappa shape index (κ3) is 5.08. The van der Waals surface area contributed by atoms with E-state index in [-0.39, 0.29) is 38.3 Å². The smallest absolute Gasteiger partial charge is 0.438 e. The number of amides is 1. The molecule has 137 valence electrons. The van der Waals surface area contributed by atoms with Crippen molar-refractivity contribution in [2.45, 2.75) is 40.5 Å². The average molecular weight is 435 g/mol. The molecule has 1 heterocycles. The quantitative estimate of drug-likeness (QED) is 0.534. The van der Waals surface area contributed by atoms with Crippen LogP contribution >= 0.6 is 0 Å². The first-order chi connectivity index (χ1) is 11.9. The van der Waals surface area contributed by atoms with Crippen LogP contribution in [0.1, 0.15) is 41.6 Å². The fourth-order valence-corrected chi connectivity index (χ4v) is 2.27. The van der Waals surface area contributed by atoms with Crippen LogP contribution in [-0.2, 0) is 48.7 Å². The number of aromatic nitrogens is 4. The first-order valence-corrected chi connectivity index (χ1v) is 7.72. The molecule has 2 rings (SSSR count). The molecule has 0 bridgehead atoms. The molecule has 0 saturated carbocycles. The van der Waals surface area contributed by atoms with Crippen LogP contribution in [0.3, 0.4) is 0 Å². The van der Waals surface area contributed by atoms with Crippen LogP contribution in [0.5, 0.6) is 0 Å². The number of nitrogens with zero attached hydrogens (tertiary/aromatic N) is 5. The van der Waals surface area contributed by atoms with Gasteiger partial charge in [-0.1, -0.05) is 24.5 Å². The third-order valence-corrected chi connectivity index (χ3v) is 3.48. The Morgan fingerprint density at radius 2 is 2.04 bits per heavy atom. The van der Waals surface area contributed by atoms with Gasteiger partial charge in [0.2, 0.25) is 12.1 Å². The maximum atomic E-state index is 12.4. The second kappa shape index (κ2) is 9.73. The molecule has 1 amide bonds. The molecule has 0 aliphatic heterocycles. The Labute approximate surface area is 176 Å². The van der Waals surface area contributed by atoms with E-state index in [0.29, 0.717) is 17.7 Å². The van der Waals surface area contributed by atoms with E-state index in [0.717, 1.165) is 5.56 Å². The second-order valence-electron chi connectivity index (χ2n) is 5.29. The minimum absolute atomic E-state index is 0. The van der Waals surface area contributed by atoms with E-state index >= 15 is 0 Å². The van der Waals surface area contributed by atoms with Crippen LogP contribution in [0.25, 0.3) is 0 Å². The maximum Gasteiger partial charge on any atom is 0.510 e. The minimum Gasteiger partial charge on any atom is -0.438 e. The largest absolute Gasteiger partial charge is 0.510 e. The Balaban J connectivity index is 0.00000338. The van der Waals surface area contributed by atoms with Crippen molar-refractivity contribution in [1.82, 2.24) is 19.8 Å². The predicted octanol–water partition coefficient (Wildman–Crippen LogP) is 1.56. The Morgan fingerprint density at radius 1 is 1.35 bits per heavy atom. The predicted molar refractivity (Wildman–Crippen MR) is 86.5 cm³/mol. The van der Waals surface area contributed by atoms with Crippen molar-refractivity contribution in [3.63, 3.8) is 0 Å². The number of carbonyl (C=O) groups excluding carboxylic acids is 2. The van der Waals surface area contributed by atoms with Gasteiger partial charge in [0.1, 0.15) is 0 Å². The van der Waals surface area contributed by atoms with Crippen molar-refractivity contribution >= 4 is 12.1 Å². The van der Waals surface area contributed by atoms with Crippen LogP contribution in [0.2, 0.25) is 0 Å². The molecule has 0 spiro atoms. The molecule has 9 nitrogen and oxygen atoms in total. The fraction of sp³-hybridized carbons (Fsp3) is 0.438. The Kier molecular flexibility index (Phi) is 8.30. The zero-order chi connectivity index (χ0) is 18.6. The van der Waals surface area contributed by atoms with Crippen molar-refractivity contribution in [2.75, 3.05) is 7.11 Å². The minimum atomic E-state index is -0.842. The zero-order valence-corrected chi connectivity index (χ0v) is 18.2. The Hall–Kier alpha value is -1.87. The Morgan fingerprint density at radius 3 is 2.62 bits per heavy atom. The first-order valence-electron chi connectivity index (χ1n) is 7.72. The second-order valence-corrected chi connectivity index (χ2v) is 5.29. The summed E-state index contributed by atoms with van der Waals surface area (Å²) in [5.41, 5.74) is 2.22. The fourth-order valence-electron chi connectivity index (χ4n) is 2.27. The van der Waals surface area contributed by atoms with E-state index in [9.17, 15) is 9.59 Å². The van der Waals surface area contributed by atoms with Gasteiger partial charge < -0.3 is 9.47 Å². The summed E-state index contributed by atoms with van der Waals surface area (Å²) in [6.07, 6.45) is -1.61. The normalized spacial score (nSPS) is 12.3. The summed E-state index contributed by atoms with van der Waals surface area (Å²) in [7, 11) is 1.21. The molecule has 0 N–H and O–H groups in total. The molecule has 1 radical (unpaired) electrons. The summed E-state index contributed by atoms with van der Waals surface area (Å²) in [5, 5.41) is 7.80. The van der Waals surface area contributed by atoms with Crippen molar-refractivity contribution in [2.24, 2.45) is 4.99 Å². The van der Waals surface area contributed by atoms with E-state index in [4.69, 9.17) is 4.74 Å². The summed E-state index contributed by atoms with van der Waals surface area (Å²) in [6, 6.07) is 6.59. The maximum absolute atomic E-state index is 12.4. The SMILES string of the molecule is CCn1c(=NC(=O)c2ccc(C)[c-]c2C)nnn1C(C)OC(=O)OC.[Y]. The molecule has 10 heteroatoms. The van der Waals surface area contributed by atoms with Crippen LogP contribution < -0.4 is 5.62 Å². The van der Waals surface area contributed by atoms with Gasteiger partial charge in [0, 0.05) is 39.3 Å². The number of aryl methyl sites for hydroxylation is 2. The van der Waals surface area contributed by atoms with E-state index < -0.39 is 18.3 Å². The molecule has 0 fully saturated rings. The third-order valence-electron chi connectivity index (χ3n) is 3.48. The number of benzene rings is 1. The summed E-state index contributed by atoms with van der Waals surface area (Å²) in [6.45, 7) is 7.55. The number of rotatable bonds is 4. The van der Waals surface area contributed by atoms with Crippen LogP contribution in [0, 0.1) is 19.9 Å². The molecule has 26 heavy (non-hydrogen) atoms. The van der Waals surface area contributed by atoms with Gasteiger partial charge in [-0.15, -0.1) is 4.80 Å². The molecule has 1 aromatic heterocycles. The standard InChI is InChI=1S/C16H20N5O4.Y/c1-6-20-15(18-19-21(20)12(4)25-16(23)24-5)17-14(22)13-8-7-10(2)9-11(13)3;/h7-8,12H,6H2,1-5H3;/q-1;. The monoisotopic (exact) mass is 435 g/mol. The molecule has 1 unspecified atom stereocenters. The van der Waals surface area contributed by atoms with Gasteiger partial charge in [0.25, 0.3) is 5.62 Å². The molecule has 1 aromatic carbocycles. The summed E-state index contributed by atoms with van der Waals surface area (Å²) in [4.78, 5) is 29.0. The molecule has 0 aliphatic carbocycles. The number of carbonyl (C=O) groups is 2. The number of ether oxygens (including phenoxy) is 2. The van der Waals surface area contributed by atoms with E-state index in [2.05, 4.69) is 26.1 Å². The van der Waals surface area contributed by atoms with Crippen molar-refractivity contribution in [3.8, 4) is 0 Å². The first kappa shape index (κ1) is 22.2. The van der Waals surface area contributed by atoms with Crippen LogP contribution in [0.4, 0.5) is 4.79 Å². The molecule has 2 aromatic rings. The van der Waals surface area contributed by atoms with Gasteiger partial charge in [-0.25, -0.2) is 9.48 Å². The summed E-state index contributed by atoms with van der Waals surface area (Å²) < 4.78 is 11.0. The van der Waals surface area contributed by atoms with Crippen LogP contribution in [-0.4, -0.2) is 39.0 Å². The average Bonchev–Trinajstić information content (AvgIpc) is 2.97. The van der Waals surface area contributed by atoms with Crippen molar-refractivity contribution in [1.29, 1.82) is 0 Å². The van der Waals surface area contributed by atoms with Gasteiger partial charge in [-0.2, -0.15) is 34.3 Å². The summed E-state index contributed by atoms with van der Waals surface area (Å²) >= 11 is 0. The molecular formula is C16H20N5O4Y-. The molecule has 0 saturated heterocycles. The van der Waals surface area contributed by atoms with Gasteiger partial charge in [-0.05, 0) is 19.1 Å². The molecule has 0 aliphatic rings. The summed E-state index contributed by atoms with van der Waals surface area (Å²) in [5.74, 6) is -0.440. The number of tetrazole rings is 1. The van der Waals surface area contributed by atoms with E-state index in [1.165, 1.54) is 16.6 Å². The van der Waals surface area contributed by atoms with Crippen molar-refractivity contribution < 1.29 is 51.8 Å².